The van der Waals surface area contributed by atoms with Crippen LogP contribution in [0, 0.1) is 5.41 Å². The molecule has 1 saturated carbocycles. The molecule has 4 rings (SSSR count). The van der Waals surface area contributed by atoms with Crippen molar-refractivity contribution >= 4 is 17.5 Å². The van der Waals surface area contributed by atoms with Crippen LogP contribution in [0.1, 0.15) is 44.9 Å². The van der Waals surface area contributed by atoms with Crippen LogP contribution in [0.4, 0.5) is 5.69 Å². The largest absolute Gasteiger partial charge is 0.497 e. The number of carbonyl (C=O) groups excluding carboxylic acids is 2. The molecule has 0 N–H and O–H groups in total. The van der Waals surface area contributed by atoms with Gasteiger partial charge in [0.25, 0.3) is 11.8 Å². The maximum Gasteiger partial charge on any atom is 0.254 e. The molecule has 0 unspecified atom stereocenters. The van der Waals surface area contributed by atoms with Crippen LogP contribution < -0.4 is 9.64 Å². The molecule has 7 nitrogen and oxygen atoms in total. The first-order valence-corrected chi connectivity index (χ1v) is 11.2. The fourth-order valence-corrected chi connectivity index (χ4v) is 5.09. The number of piperidine rings is 1. The lowest BCUT2D eigenvalue weighted by molar-refractivity contribution is -0.205. The second-order valence-electron chi connectivity index (χ2n) is 8.86. The summed E-state index contributed by atoms with van der Waals surface area (Å²) in [5, 5.41) is 1.05. The van der Waals surface area contributed by atoms with Crippen molar-refractivity contribution < 1.29 is 19.2 Å². The molecule has 2 heterocycles. The van der Waals surface area contributed by atoms with E-state index >= 15 is 0 Å². The van der Waals surface area contributed by atoms with Crippen molar-refractivity contribution in [2.75, 3.05) is 51.3 Å². The van der Waals surface area contributed by atoms with Gasteiger partial charge < -0.3 is 9.64 Å². The van der Waals surface area contributed by atoms with Gasteiger partial charge in [0.05, 0.1) is 13.7 Å². The Labute approximate surface area is 178 Å². The third-order valence-electron chi connectivity index (χ3n) is 6.80. The first-order chi connectivity index (χ1) is 14.6. The first kappa shape index (κ1) is 21.1. The van der Waals surface area contributed by atoms with Crippen LogP contribution in [0.15, 0.2) is 24.3 Å². The number of amides is 2. The highest BCUT2D eigenvalue weighted by atomic mass is 16.7. The number of carbonyl (C=O) groups is 2. The van der Waals surface area contributed by atoms with E-state index in [9.17, 15) is 9.59 Å². The first-order valence-electron chi connectivity index (χ1n) is 11.2. The average Bonchev–Trinajstić information content (AvgIpc) is 3.20. The average molecular weight is 416 g/mol. The highest BCUT2D eigenvalue weighted by Crippen LogP contribution is 2.46. The van der Waals surface area contributed by atoms with E-state index in [4.69, 9.17) is 9.57 Å². The summed E-state index contributed by atoms with van der Waals surface area (Å²) in [6.45, 7) is 5.23. The lowest BCUT2D eigenvalue weighted by atomic mass is 9.77. The number of imide groups is 1. The number of hydroxylamine groups is 2. The molecule has 1 aromatic carbocycles. The molecular formula is C23H33N3O4. The van der Waals surface area contributed by atoms with Crippen molar-refractivity contribution in [3.63, 3.8) is 0 Å². The number of hydrogen-bond acceptors (Lipinski definition) is 6. The monoisotopic (exact) mass is 415 g/mol. The molecule has 0 atom stereocenters. The highest BCUT2D eigenvalue weighted by molar-refractivity contribution is 5.97. The summed E-state index contributed by atoms with van der Waals surface area (Å²) in [6.07, 6.45) is 6.00. The maximum atomic E-state index is 12.4. The van der Waals surface area contributed by atoms with E-state index in [2.05, 4.69) is 21.9 Å². The van der Waals surface area contributed by atoms with Gasteiger partial charge in [-0.1, -0.05) is 18.9 Å². The van der Waals surface area contributed by atoms with Crippen LogP contribution in [-0.4, -0.2) is 68.2 Å². The normalized spacial score (nSPS) is 22.2. The number of benzene rings is 1. The molecule has 2 saturated heterocycles. The van der Waals surface area contributed by atoms with Gasteiger partial charge in [0.2, 0.25) is 0 Å². The fraction of sp³-hybridized carbons (Fsp3) is 0.652. The molecule has 1 spiro atoms. The van der Waals surface area contributed by atoms with Crippen molar-refractivity contribution in [3.05, 3.63) is 24.3 Å². The molecular weight excluding hydrogens is 382 g/mol. The number of nitrogens with zero attached hydrogens (tertiary/aromatic N) is 3. The van der Waals surface area contributed by atoms with Crippen LogP contribution in [0.25, 0.3) is 0 Å². The minimum absolute atomic E-state index is 0.0729. The molecule has 3 fully saturated rings. The van der Waals surface area contributed by atoms with Crippen molar-refractivity contribution in [2.24, 2.45) is 5.41 Å². The Morgan fingerprint density at radius 2 is 1.70 bits per heavy atom. The third-order valence-corrected chi connectivity index (χ3v) is 6.80. The molecule has 30 heavy (non-hydrogen) atoms. The number of anilines is 1. The minimum atomic E-state index is -0.153. The van der Waals surface area contributed by atoms with Crippen molar-refractivity contribution in [3.8, 4) is 5.75 Å². The number of ether oxygens (including phenoxy) is 1. The lowest BCUT2D eigenvalue weighted by Crippen LogP contribution is -2.48. The van der Waals surface area contributed by atoms with Crippen LogP contribution in [0.5, 0.6) is 5.75 Å². The Balaban J connectivity index is 1.16. The Bertz CT molecular complexity index is 735. The number of hydrogen-bond donors (Lipinski definition) is 0. The molecule has 3 aliphatic rings. The molecule has 164 valence electrons. The summed E-state index contributed by atoms with van der Waals surface area (Å²) < 4.78 is 5.32. The highest BCUT2D eigenvalue weighted by Gasteiger charge is 2.45. The zero-order valence-corrected chi connectivity index (χ0v) is 18.0. The molecule has 7 heteroatoms. The predicted molar refractivity (Wildman–Crippen MR) is 114 cm³/mol. The molecule has 1 aromatic rings. The summed E-state index contributed by atoms with van der Waals surface area (Å²) >= 11 is 0. The van der Waals surface area contributed by atoms with Gasteiger partial charge in [0, 0.05) is 57.3 Å². The Kier molecular flexibility index (Phi) is 6.58. The van der Waals surface area contributed by atoms with Crippen LogP contribution in [0.2, 0.25) is 0 Å². The van der Waals surface area contributed by atoms with Crippen LogP contribution >= 0.6 is 0 Å². The minimum Gasteiger partial charge on any atom is -0.497 e. The second-order valence-corrected chi connectivity index (χ2v) is 8.86. The van der Waals surface area contributed by atoms with Gasteiger partial charge >= 0.3 is 0 Å². The summed E-state index contributed by atoms with van der Waals surface area (Å²) in [5.74, 6) is 0.577. The molecule has 0 aromatic heterocycles. The summed E-state index contributed by atoms with van der Waals surface area (Å²) in [7, 11) is 1.69. The van der Waals surface area contributed by atoms with E-state index in [0.29, 0.717) is 19.4 Å². The fourth-order valence-electron chi connectivity index (χ4n) is 5.09. The summed E-state index contributed by atoms with van der Waals surface area (Å²) in [6, 6.07) is 8.18. The molecule has 0 bridgehead atoms. The van der Waals surface area contributed by atoms with Gasteiger partial charge in [-0.3, -0.25) is 19.3 Å². The van der Waals surface area contributed by atoms with E-state index in [1.165, 1.54) is 5.69 Å². The van der Waals surface area contributed by atoms with E-state index in [1.54, 1.807) is 7.11 Å². The van der Waals surface area contributed by atoms with Crippen molar-refractivity contribution in [1.82, 2.24) is 9.96 Å². The molecule has 2 amide bonds. The van der Waals surface area contributed by atoms with Gasteiger partial charge in [-0.15, -0.1) is 0 Å². The van der Waals surface area contributed by atoms with E-state index in [1.807, 2.05) is 12.1 Å². The standard InChI is InChI=1S/C23H33N3O4/c1-29-20-7-4-6-19(16-20)25-13-11-24(12-14-25)10-5-15-30-26-21(27)17-23(18-22(26)28)8-2-3-9-23/h4,6-7,16H,2-3,5,8-15,17-18H2,1H3. The summed E-state index contributed by atoms with van der Waals surface area (Å²) in [4.78, 5) is 35.3. The number of piperazine rings is 1. The van der Waals surface area contributed by atoms with Crippen molar-refractivity contribution in [1.29, 1.82) is 0 Å². The predicted octanol–water partition coefficient (Wildman–Crippen LogP) is 2.85. The molecule has 1 aliphatic carbocycles. The van der Waals surface area contributed by atoms with E-state index in [-0.39, 0.29) is 17.2 Å². The third kappa shape index (κ3) is 4.78. The SMILES string of the molecule is COc1cccc(N2CCN(CCCON3C(=O)CC4(CCCC4)CC3=O)CC2)c1. The van der Waals surface area contributed by atoms with Crippen LogP contribution in [0.3, 0.4) is 0 Å². The Morgan fingerprint density at radius 1 is 1.00 bits per heavy atom. The molecule has 0 radical (unpaired) electrons. The molecule has 2 aliphatic heterocycles. The lowest BCUT2D eigenvalue weighted by Gasteiger charge is -2.37. The number of rotatable bonds is 7. The van der Waals surface area contributed by atoms with Gasteiger partial charge in [0.15, 0.2) is 0 Å². The van der Waals surface area contributed by atoms with E-state index in [0.717, 1.165) is 75.6 Å². The van der Waals surface area contributed by atoms with Gasteiger partial charge in [-0.2, -0.15) is 5.06 Å². The van der Waals surface area contributed by atoms with Crippen molar-refractivity contribution in [2.45, 2.75) is 44.9 Å². The quantitative estimate of drug-likeness (QED) is 0.504. The van der Waals surface area contributed by atoms with E-state index < -0.39 is 0 Å². The Hall–Kier alpha value is -2.12. The maximum absolute atomic E-state index is 12.4. The van der Waals surface area contributed by atoms with Crippen LogP contribution in [-0.2, 0) is 14.4 Å². The van der Waals surface area contributed by atoms with Gasteiger partial charge in [0.1, 0.15) is 5.75 Å². The number of methoxy groups -OCH3 is 1. The second kappa shape index (κ2) is 9.35. The topological polar surface area (TPSA) is 62.3 Å². The Morgan fingerprint density at radius 3 is 2.37 bits per heavy atom. The smallest absolute Gasteiger partial charge is 0.254 e. The van der Waals surface area contributed by atoms with Gasteiger partial charge in [-0.25, -0.2) is 0 Å². The zero-order chi connectivity index (χ0) is 21.0. The van der Waals surface area contributed by atoms with Gasteiger partial charge in [-0.05, 0) is 36.8 Å². The zero-order valence-electron chi connectivity index (χ0n) is 18.0. The summed E-state index contributed by atoms with van der Waals surface area (Å²) in [5.41, 5.74) is 1.12.